The van der Waals surface area contributed by atoms with Gasteiger partial charge in [0.2, 0.25) is 0 Å². The molecule has 1 aromatic heterocycles. The van der Waals surface area contributed by atoms with Crippen molar-refractivity contribution < 1.29 is 14.3 Å². The second kappa shape index (κ2) is 9.60. The van der Waals surface area contributed by atoms with Crippen LogP contribution < -0.4 is 5.32 Å². The summed E-state index contributed by atoms with van der Waals surface area (Å²) in [5, 5.41) is 5.32. The van der Waals surface area contributed by atoms with E-state index in [-0.39, 0.29) is 18.9 Å². The zero-order valence-corrected chi connectivity index (χ0v) is 14.7. The van der Waals surface area contributed by atoms with E-state index in [4.69, 9.17) is 16.3 Å². The molecule has 1 N–H and O–H groups in total. The fraction of sp³-hybridized carbons (Fsp3) is 0.250. The van der Waals surface area contributed by atoms with Gasteiger partial charge in [0.15, 0.2) is 6.61 Å². The van der Waals surface area contributed by atoms with Crippen LogP contribution in [0.1, 0.15) is 4.88 Å². The third kappa shape index (κ3) is 7.07. The fourth-order valence-electron chi connectivity index (χ4n) is 1.69. The lowest BCUT2D eigenvalue weighted by Crippen LogP contribution is -2.30. The number of thiophene rings is 1. The highest BCUT2D eigenvalue weighted by molar-refractivity contribution is 7.99. The molecule has 122 valence electrons. The average Bonchev–Trinajstić information content (AvgIpc) is 3.04. The molecule has 0 saturated heterocycles. The summed E-state index contributed by atoms with van der Waals surface area (Å²) in [7, 11) is 0. The first-order valence-corrected chi connectivity index (χ1v) is 9.21. The van der Waals surface area contributed by atoms with E-state index in [1.807, 2.05) is 41.8 Å². The Labute approximate surface area is 148 Å². The molecule has 4 nitrogen and oxygen atoms in total. The van der Waals surface area contributed by atoms with Gasteiger partial charge in [0.25, 0.3) is 5.91 Å². The van der Waals surface area contributed by atoms with Gasteiger partial charge in [0.1, 0.15) is 0 Å². The lowest BCUT2D eigenvalue weighted by molar-refractivity contribution is -0.147. The number of halogens is 1. The molecule has 0 atom stereocenters. The number of thioether (sulfide) groups is 1. The lowest BCUT2D eigenvalue weighted by atomic mass is 10.3. The minimum absolute atomic E-state index is 0.206. The first kappa shape index (κ1) is 17.8. The third-order valence-corrected chi connectivity index (χ3v) is 4.91. The Hall–Kier alpha value is -1.50. The van der Waals surface area contributed by atoms with Gasteiger partial charge in [-0.25, -0.2) is 0 Å². The van der Waals surface area contributed by atoms with Crippen molar-refractivity contribution in [2.75, 3.05) is 18.9 Å². The van der Waals surface area contributed by atoms with Crippen LogP contribution in [0.5, 0.6) is 0 Å². The normalized spacial score (nSPS) is 10.3. The molecule has 7 heteroatoms. The summed E-state index contributed by atoms with van der Waals surface area (Å²) in [5.41, 5.74) is 0. The van der Waals surface area contributed by atoms with Crippen LogP contribution in [-0.2, 0) is 20.7 Å². The van der Waals surface area contributed by atoms with Gasteiger partial charge in [-0.15, -0.1) is 23.1 Å². The number of carbonyl (C=O) groups excluding carboxylic acids is 2. The summed E-state index contributed by atoms with van der Waals surface area (Å²) in [4.78, 5) is 25.2. The first-order valence-electron chi connectivity index (χ1n) is 6.96. The Balaban J connectivity index is 1.56. The number of hydrogen-bond acceptors (Lipinski definition) is 5. The molecule has 1 aromatic carbocycles. The Morgan fingerprint density at radius 1 is 1.22 bits per heavy atom. The van der Waals surface area contributed by atoms with E-state index in [1.165, 1.54) is 11.3 Å². The Morgan fingerprint density at radius 2 is 2.00 bits per heavy atom. The van der Waals surface area contributed by atoms with E-state index < -0.39 is 5.97 Å². The molecular weight excluding hydrogens is 354 g/mol. The maximum absolute atomic E-state index is 11.6. The summed E-state index contributed by atoms with van der Waals surface area (Å²) < 4.78 is 4.94. The van der Waals surface area contributed by atoms with Gasteiger partial charge in [0, 0.05) is 27.1 Å². The van der Waals surface area contributed by atoms with Crippen LogP contribution in [0.4, 0.5) is 0 Å². The molecular formula is C16H16ClNO3S2. The molecule has 1 heterocycles. The van der Waals surface area contributed by atoms with Gasteiger partial charge < -0.3 is 10.1 Å². The second-order valence-electron chi connectivity index (χ2n) is 4.57. The predicted molar refractivity (Wildman–Crippen MR) is 94.2 cm³/mol. The highest BCUT2D eigenvalue weighted by Gasteiger charge is 2.08. The van der Waals surface area contributed by atoms with Crippen LogP contribution in [-0.4, -0.2) is 30.8 Å². The lowest BCUT2D eigenvalue weighted by Gasteiger charge is -2.06. The molecule has 1 amide bonds. The van der Waals surface area contributed by atoms with Crippen LogP contribution in [0, 0.1) is 0 Å². The van der Waals surface area contributed by atoms with Crippen LogP contribution >= 0.6 is 34.7 Å². The van der Waals surface area contributed by atoms with Gasteiger partial charge in [-0.2, -0.15) is 0 Å². The van der Waals surface area contributed by atoms with E-state index in [9.17, 15) is 9.59 Å². The number of esters is 1. The fourth-order valence-corrected chi connectivity index (χ4v) is 3.28. The van der Waals surface area contributed by atoms with E-state index in [0.29, 0.717) is 11.6 Å². The zero-order chi connectivity index (χ0) is 16.5. The molecule has 0 aliphatic rings. The maximum Gasteiger partial charge on any atom is 0.311 e. The summed E-state index contributed by atoms with van der Waals surface area (Å²) in [6.45, 7) is 0.268. The van der Waals surface area contributed by atoms with Crippen molar-refractivity contribution >= 4 is 46.6 Å². The minimum Gasteiger partial charge on any atom is -0.455 e. The van der Waals surface area contributed by atoms with Crippen molar-refractivity contribution in [3.8, 4) is 0 Å². The van der Waals surface area contributed by atoms with Gasteiger partial charge >= 0.3 is 5.97 Å². The second-order valence-corrected chi connectivity index (χ2v) is 7.21. The number of benzene rings is 1. The quantitative estimate of drug-likeness (QED) is 0.440. The molecule has 0 unspecified atom stereocenters. The minimum atomic E-state index is -0.391. The van der Waals surface area contributed by atoms with Gasteiger partial charge in [-0.05, 0) is 35.7 Å². The summed E-state index contributed by atoms with van der Waals surface area (Å²) in [6.07, 6.45) is 0.206. The third-order valence-electron chi connectivity index (χ3n) is 2.77. The molecule has 0 fully saturated rings. The number of rotatable bonds is 8. The van der Waals surface area contributed by atoms with E-state index in [1.54, 1.807) is 11.8 Å². The summed E-state index contributed by atoms with van der Waals surface area (Å²) in [5.74, 6) is 0.0515. The Morgan fingerprint density at radius 3 is 2.70 bits per heavy atom. The molecule has 0 spiro atoms. The van der Waals surface area contributed by atoms with Gasteiger partial charge in [0.05, 0.1) is 6.42 Å². The van der Waals surface area contributed by atoms with Crippen molar-refractivity contribution in [2.45, 2.75) is 11.3 Å². The van der Waals surface area contributed by atoms with E-state index in [0.717, 1.165) is 15.5 Å². The number of ether oxygens (including phenoxy) is 1. The van der Waals surface area contributed by atoms with Crippen LogP contribution in [0.3, 0.4) is 0 Å². The first-order chi connectivity index (χ1) is 11.1. The largest absolute Gasteiger partial charge is 0.455 e. The van der Waals surface area contributed by atoms with E-state index in [2.05, 4.69) is 5.32 Å². The molecule has 0 radical (unpaired) electrons. The van der Waals surface area contributed by atoms with Crippen molar-refractivity contribution in [3.05, 3.63) is 51.7 Å². The number of hydrogen-bond donors (Lipinski definition) is 1. The van der Waals surface area contributed by atoms with Crippen molar-refractivity contribution in [1.29, 1.82) is 0 Å². The predicted octanol–water partition coefficient (Wildman–Crippen LogP) is 3.40. The molecule has 23 heavy (non-hydrogen) atoms. The Kier molecular flexibility index (Phi) is 7.45. The van der Waals surface area contributed by atoms with Crippen molar-refractivity contribution in [1.82, 2.24) is 5.32 Å². The topological polar surface area (TPSA) is 55.4 Å². The van der Waals surface area contributed by atoms with Crippen LogP contribution in [0.2, 0.25) is 5.02 Å². The van der Waals surface area contributed by atoms with Gasteiger partial charge in [-0.3, -0.25) is 9.59 Å². The highest BCUT2D eigenvalue weighted by Crippen LogP contribution is 2.19. The molecule has 0 aliphatic carbocycles. The Bertz CT molecular complexity index is 629. The molecule has 2 rings (SSSR count). The number of amides is 1. The van der Waals surface area contributed by atoms with Crippen LogP contribution in [0.15, 0.2) is 46.7 Å². The van der Waals surface area contributed by atoms with Crippen LogP contribution in [0.25, 0.3) is 0 Å². The summed E-state index contributed by atoms with van der Waals surface area (Å²) in [6, 6.07) is 11.3. The summed E-state index contributed by atoms with van der Waals surface area (Å²) >= 11 is 8.92. The van der Waals surface area contributed by atoms with E-state index >= 15 is 0 Å². The molecule has 0 bridgehead atoms. The van der Waals surface area contributed by atoms with Crippen molar-refractivity contribution in [3.63, 3.8) is 0 Å². The molecule has 0 aliphatic heterocycles. The number of nitrogens with one attached hydrogen (secondary N) is 1. The number of carbonyl (C=O) groups is 2. The van der Waals surface area contributed by atoms with Gasteiger partial charge in [-0.1, -0.05) is 17.7 Å². The SMILES string of the molecule is O=C(COC(=O)Cc1cccs1)NCCSc1ccc(Cl)cc1. The average molecular weight is 370 g/mol. The molecule has 0 saturated carbocycles. The zero-order valence-electron chi connectivity index (χ0n) is 12.3. The monoisotopic (exact) mass is 369 g/mol. The maximum atomic E-state index is 11.6. The smallest absolute Gasteiger partial charge is 0.311 e. The highest BCUT2D eigenvalue weighted by atomic mass is 35.5. The standard InChI is InChI=1S/C16H16ClNO3S2/c17-12-3-5-13(6-4-12)23-9-7-18-15(19)11-21-16(20)10-14-2-1-8-22-14/h1-6,8H,7,9-11H2,(H,18,19). The molecule has 2 aromatic rings. The van der Waals surface area contributed by atoms with Crippen molar-refractivity contribution in [2.24, 2.45) is 0 Å².